The zero-order valence-corrected chi connectivity index (χ0v) is 11.1. The van der Waals surface area contributed by atoms with Crippen molar-refractivity contribution in [3.63, 3.8) is 0 Å². The highest BCUT2D eigenvalue weighted by molar-refractivity contribution is 6.34. The second kappa shape index (κ2) is 6.07. The van der Waals surface area contributed by atoms with Crippen LogP contribution in [0.25, 0.3) is 0 Å². The molecule has 1 atom stereocenters. The number of carbonyl (C=O) groups is 1. The van der Waals surface area contributed by atoms with Gasteiger partial charge in [-0.1, -0.05) is 11.6 Å². The Hall–Kier alpha value is -1.26. The first-order valence-electron chi connectivity index (χ1n) is 6.06. The van der Waals surface area contributed by atoms with Crippen LogP contribution in [0.15, 0.2) is 18.2 Å². The van der Waals surface area contributed by atoms with Crippen molar-refractivity contribution in [1.82, 2.24) is 0 Å². The van der Waals surface area contributed by atoms with Gasteiger partial charge in [0.2, 0.25) is 5.91 Å². The fourth-order valence-electron chi connectivity index (χ4n) is 1.99. The molecule has 0 bridgehead atoms. The first-order valence-corrected chi connectivity index (χ1v) is 6.44. The number of rotatable bonds is 3. The lowest BCUT2D eigenvalue weighted by Gasteiger charge is -2.24. The van der Waals surface area contributed by atoms with Gasteiger partial charge in [-0.3, -0.25) is 4.79 Å². The van der Waals surface area contributed by atoms with E-state index >= 15 is 0 Å². The van der Waals surface area contributed by atoms with E-state index in [0.29, 0.717) is 16.8 Å². The van der Waals surface area contributed by atoms with Gasteiger partial charge in [0.25, 0.3) is 0 Å². The highest BCUT2D eigenvalue weighted by atomic mass is 35.5. The Morgan fingerprint density at radius 2 is 2.33 bits per heavy atom. The molecule has 5 heteroatoms. The van der Waals surface area contributed by atoms with Crippen molar-refractivity contribution in [2.75, 3.05) is 23.8 Å². The average Bonchev–Trinajstić information content (AvgIpc) is 2.33. The van der Waals surface area contributed by atoms with Crippen LogP contribution in [0.5, 0.6) is 0 Å². The lowest BCUT2D eigenvalue weighted by atomic mass is 10.1. The van der Waals surface area contributed by atoms with Gasteiger partial charge in [-0.2, -0.15) is 0 Å². The molecule has 1 fully saturated rings. The molecule has 1 aromatic rings. The van der Waals surface area contributed by atoms with Gasteiger partial charge < -0.3 is 15.4 Å². The first-order chi connectivity index (χ1) is 8.65. The maximum absolute atomic E-state index is 11.0. The monoisotopic (exact) mass is 268 g/mol. The molecule has 1 unspecified atom stereocenters. The van der Waals surface area contributed by atoms with Crippen LogP contribution < -0.4 is 10.6 Å². The molecule has 1 heterocycles. The van der Waals surface area contributed by atoms with E-state index in [9.17, 15) is 4.79 Å². The van der Waals surface area contributed by atoms with Crippen molar-refractivity contribution in [2.45, 2.75) is 25.8 Å². The minimum atomic E-state index is -0.127. The molecule has 18 heavy (non-hydrogen) atoms. The molecule has 1 saturated heterocycles. The summed E-state index contributed by atoms with van der Waals surface area (Å²) >= 11 is 6.11. The van der Waals surface area contributed by atoms with E-state index in [1.165, 1.54) is 6.92 Å². The van der Waals surface area contributed by atoms with Gasteiger partial charge in [-0.05, 0) is 31.0 Å². The van der Waals surface area contributed by atoms with E-state index < -0.39 is 0 Å². The Morgan fingerprint density at radius 1 is 1.50 bits per heavy atom. The van der Waals surface area contributed by atoms with E-state index in [1.807, 2.05) is 12.1 Å². The predicted molar refractivity (Wildman–Crippen MR) is 73.2 cm³/mol. The number of hydrogen-bond acceptors (Lipinski definition) is 3. The van der Waals surface area contributed by atoms with Crippen LogP contribution in [-0.2, 0) is 9.53 Å². The summed E-state index contributed by atoms with van der Waals surface area (Å²) < 4.78 is 5.41. The molecule has 2 N–H and O–H groups in total. The minimum Gasteiger partial charge on any atom is -0.380 e. The number of halogens is 1. The molecule has 4 nitrogen and oxygen atoms in total. The standard InChI is InChI=1S/C13H17ClN2O2/c1-9(17)15-13-5-4-10(7-12(13)14)16-11-3-2-6-18-8-11/h4-5,7,11,16H,2-3,6,8H2,1H3,(H,15,17). The first kappa shape index (κ1) is 13.2. The lowest BCUT2D eigenvalue weighted by Crippen LogP contribution is -2.29. The van der Waals surface area contributed by atoms with Gasteiger partial charge in [0.1, 0.15) is 0 Å². The third-order valence-corrected chi connectivity index (χ3v) is 3.12. The Kier molecular flexibility index (Phi) is 4.44. The predicted octanol–water partition coefficient (Wildman–Crippen LogP) is 2.89. The second-order valence-corrected chi connectivity index (χ2v) is 4.84. The van der Waals surface area contributed by atoms with Crippen molar-refractivity contribution in [2.24, 2.45) is 0 Å². The van der Waals surface area contributed by atoms with E-state index in [4.69, 9.17) is 16.3 Å². The van der Waals surface area contributed by atoms with Crippen LogP contribution in [0, 0.1) is 0 Å². The minimum absolute atomic E-state index is 0.127. The highest BCUT2D eigenvalue weighted by Gasteiger charge is 2.13. The summed E-state index contributed by atoms with van der Waals surface area (Å²) in [5, 5.41) is 6.59. The average molecular weight is 269 g/mol. The zero-order chi connectivity index (χ0) is 13.0. The lowest BCUT2D eigenvalue weighted by molar-refractivity contribution is -0.114. The van der Waals surface area contributed by atoms with Gasteiger partial charge in [-0.15, -0.1) is 0 Å². The van der Waals surface area contributed by atoms with Crippen LogP contribution in [-0.4, -0.2) is 25.2 Å². The van der Waals surface area contributed by atoms with Crippen molar-refractivity contribution in [3.05, 3.63) is 23.2 Å². The molecule has 1 aliphatic heterocycles. The summed E-state index contributed by atoms with van der Waals surface area (Å²) in [6.45, 7) is 3.04. The normalized spacial score (nSPS) is 19.3. The van der Waals surface area contributed by atoms with Crippen molar-refractivity contribution in [3.8, 4) is 0 Å². The maximum Gasteiger partial charge on any atom is 0.221 e. The molecule has 1 amide bonds. The largest absolute Gasteiger partial charge is 0.380 e. The van der Waals surface area contributed by atoms with E-state index in [-0.39, 0.29) is 5.91 Å². The molecular formula is C13H17ClN2O2. The van der Waals surface area contributed by atoms with Crippen molar-refractivity contribution in [1.29, 1.82) is 0 Å². The fraction of sp³-hybridized carbons (Fsp3) is 0.462. The van der Waals surface area contributed by atoms with Gasteiger partial charge in [-0.25, -0.2) is 0 Å². The van der Waals surface area contributed by atoms with Crippen LogP contribution in [0.2, 0.25) is 5.02 Å². The number of ether oxygens (including phenoxy) is 1. The molecule has 0 radical (unpaired) electrons. The van der Waals surface area contributed by atoms with Gasteiger partial charge in [0.05, 0.1) is 17.3 Å². The van der Waals surface area contributed by atoms with Crippen LogP contribution in [0.3, 0.4) is 0 Å². The Labute approximate surface area is 112 Å². The topological polar surface area (TPSA) is 50.4 Å². The van der Waals surface area contributed by atoms with Crippen LogP contribution in [0.4, 0.5) is 11.4 Å². The Balaban J connectivity index is 2.01. The third-order valence-electron chi connectivity index (χ3n) is 2.81. The number of amides is 1. The Morgan fingerprint density at radius 3 is 2.94 bits per heavy atom. The molecular weight excluding hydrogens is 252 g/mol. The van der Waals surface area contributed by atoms with Gasteiger partial charge in [0, 0.05) is 25.3 Å². The van der Waals surface area contributed by atoms with Gasteiger partial charge >= 0.3 is 0 Å². The summed E-state index contributed by atoms with van der Waals surface area (Å²) in [5.74, 6) is -0.127. The molecule has 0 aromatic heterocycles. The highest BCUT2D eigenvalue weighted by Crippen LogP contribution is 2.26. The molecule has 0 aliphatic carbocycles. The SMILES string of the molecule is CC(=O)Nc1ccc(NC2CCCOC2)cc1Cl. The number of nitrogens with one attached hydrogen (secondary N) is 2. The summed E-state index contributed by atoms with van der Waals surface area (Å²) in [6.07, 6.45) is 2.18. The zero-order valence-electron chi connectivity index (χ0n) is 10.3. The summed E-state index contributed by atoms with van der Waals surface area (Å²) in [6, 6.07) is 5.87. The third kappa shape index (κ3) is 3.62. The molecule has 2 rings (SSSR count). The van der Waals surface area contributed by atoms with Crippen molar-refractivity contribution < 1.29 is 9.53 Å². The number of anilines is 2. The number of carbonyl (C=O) groups excluding carboxylic acids is 1. The fourth-order valence-corrected chi connectivity index (χ4v) is 2.21. The molecule has 0 spiro atoms. The quantitative estimate of drug-likeness (QED) is 0.886. The molecule has 1 aliphatic rings. The van der Waals surface area contributed by atoms with Crippen LogP contribution >= 0.6 is 11.6 Å². The van der Waals surface area contributed by atoms with E-state index in [2.05, 4.69) is 10.6 Å². The van der Waals surface area contributed by atoms with E-state index in [0.717, 1.165) is 31.7 Å². The van der Waals surface area contributed by atoms with Crippen LogP contribution in [0.1, 0.15) is 19.8 Å². The van der Waals surface area contributed by atoms with Gasteiger partial charge in [0.15, 0.2) is 0 Å². The summed E-state index contributed by atoms with van der Waals surface area (Å²) in [7, 11) is 0. The molecule has 1 aromatic carbocycles. The van der Waals surface area contributed by atoms with Crippen molar-refractivity contribution >= 4 is 28.9 Å². The Bertz CT molecular complexity index is 431. The molecule has 98 valence electrons. The van der Waals surface area contributed by atoms with E-state index in [1.54, 1.807) is 6.07 Å². The summed E-state index contributed by atoms with van der Waals surface area (Å²) in [4.78, 5) is 11.0. The second-order valence-electron chi connectivity index (χ2n) is 4.43. The molecule has 0 saturated carbocycles. The maximum atomic E-state index is 11.0. The summed E-state index contributed by atoms with van der Waals surface area (Å²) in [5.41, 5.74) is 1.58. The smallest absolute Gasteiger partial charge is 0.221 e. The number of benzene rings is 1. The number of hydrogen-bond donors (Lipinski definition) is 2.